The minimum Gasteiger partial charge on any atom is -0.463 e. The Morgan fingerprint density at radius 3 is 2.44 bits per heavy atom. The first-order chi connectivity index (χ1) is 34.7. The van der Waals surface area contributed by atoms with Crippen molar-refractivity contribution >= 4 is 56.0 Å². The molecule has 4 saturated heterocycles. The van der Waals surface area contributed by atoms with E-state index in [4.69, 9.17) is 21.1 Å². The molecule has 6 aliphatic rings. The highest BCUT2D eigenvalue weighted by atomic mass is 19.1. The molecule has 6 aromatic rings. The van der Waals surface area contributed by atoms with E-state index in [9.17, 15) is 19.5 Å². The highest BCUT2D eigenvalue weighted by Gasteiger charge is 2.51. The van der Waals surface area contributed by atoms with Crippen LogP contribution in [0.15, 0.2) is 59.5 Å². The van der Waals surface area contributed by atoms with Crippen LogP contribution in [0.25, 0.3) is 44.0 Å². The highest BCUT2D eigenvalue weighted by molar-refractivity contribution is 6.02. The Bertz CT molecular complexity index is 3280. The molecule has 17 heteroatoms. The zero-order valence-electron chi connectivity index (χ0n) is 40.9. The normalized spacial score (nSPS) is 23.7. The lowest BCUT2D eigenvalue weighted by Gasteiger charge is -2.56. The summed E-state index contributed by atoms with van der Waals surface area (Å²) in [6.07, 6.45) is 16.1. The molecule has 12 rings (SSSR count). The number of aliphatic hydroxyl groups is 1. The molecule has 1 unspecified atom stereocenters. The second kappa shape index (κ2) is 17.6. The van der Waals surface area contributed by atoms with Crippen molar-refractivity contribution in [3.63, 3.8) is 0 Å². The number of aryl methyl sites for hydroxylation is 1. The van der Waals surface area contributed by atoms with Crippen LogP contribution >= 0.6 is 0 Å². The van der Waals surface area contributed by atoms with Gasteiger partial charge in [0.05, 0.1) is 34.2 Å². The highest BCUT2D eigenvalue weighted by Crippen LogP contribution is 2.53. The molecule has 7 heterocycles. The lowest BCUT2D eigenvalue weighted by Crippen LogP contribution is -2.59. The number of β-amino-alcohol motifs (C(OH)–C–C–N with tert-alkyl or cyclic N) is 1. The van der Waals surface area contributed by atoms with Gasteiger partial charge in [-0.05, 0) is 113 Å². The Hall–Kier alpha value is -6.48. The number of amides is 2. The van der Waals surface area contributed by atoms with Gasteiger partial charge < -0.3 is 24.5 Å². The van der Waals surface area contributed by atoms with E-state index in [2.05, 4.69) is 37.0 Å². The van der Waals surface area contributed by atoms with Crippen LogP contribution < -0.4 is 25.5 Å². The number of anilines is 2. The van der Waals surface area contributed by atoms with Gasteiger partial charge in [-0.3, -0.25) is 33.9 Å². The second-order valence-corrected chi connectivity index (χ2v) is 22.0. The minimum absolute atomic E-state index is 0.00164. The number of piperidine rings is 3. The molecule has 15 nitrogen and oxygen atoms in total. The van der Waals surface area contributed by atoms with Crippen LogP contribution in [-0.4, -0.2) is 128 Å². The molecule has 4 aliphatic heterocycles. The van der Waals surface area contributed by atoms with Crippen LogP contribution in [0, 0.1) is 34.8 Å². The van der Waals surface area contributed by atoms with Gasteiger partial charge in [-0.15, -0.1) is 6.42 Å². The summed E-state index contributed by atoms with van der Waals surface area (Å²) in [5.74, 6) is 0.934. The Morgan fingerprint density at radius 2 is 1.71 bits per heavy atom. The fourth-order valence-corrected chi connectivity index (χ4v) is 12.7. The molecule has 3 aromatic carbocycles. The van der Waals surface area contributed by atoms with Crippen LogP contribution in [0.3, 0.4) is 0 Å². The maximum atomic E-state index is 17.1. The molecule has 2 amide bonds. The van der Waals surface area contributed by atoms with E-state index in [1.165, 1.54) is 36.3 Å². The van der Waals surface area contributed by atoms with E-state index >= 15 is 8.78 Å². The van der Waals surface area contributed by atoms with E-state index in [0.29, 0.717) is 77.1 Å². The van der Waals surface area contributed by atoms with Crippen molar-refractivity contribution in [1.29, 1.82) is 0 Å². The van der Waals surface area contributed by atoms with Gasteiger partial charge in [-0.2, -0.15) is 9.97 Å². The van der Waals surface area contributed by atoms with Gasteiger partial charge in [0.15, 0.2) is 5.82 Å². The number of imide groups is 1. The molecule has 1 spiro atoms. The van der Waals surface area contributed by atoms with Crippen molar-refractivity contribution in [2.45, 2.75) is 88.8 Å². The summed E-state index contributed by atoms with van der Waals surface area (Å²) < 4.78 is 41.7. The van der Waals surface area contributed by atoms with Crippen LogP contribution in [-0.2, 0) is 16.6 Å². The fraction of sp³-hybridized carbons (Fsp3) is 0.491. The van der Waals surface area contributed by atoms with Crippen molar-refractivity contribution in [2.75, 3.05) is 75.3 Å². The van der Waals surface area contributed by atoms with Crippen LogP contribution in [0.2, 0.25) is 0 Å². The number of rotatable bonds is 10. The lowest BCUT2D eigenvalue weighted by molar-refractivity contribution is -0.135. The van der Waals surface area contributed by atoms with Crippen LogP contribution in [0.4, 0.5) is 20.3 Å². The molecule has 6 fully saturated rings. The van der Waals surface area contributed by atoms with Crippen molar-refractivity contribution in [3.05, 3.63) is 82.4 Å². The Labute approximate surface area is 416 Å². The topological polar surface area (TPSA) is 154 Å². The van der Waals surface area contributed by atoms with Crippen molar-refractivity contribution < 1.29 is 28.2 Å². The number of benzene rings is 3. The summed E-state index contributed by atoms with van der Waals surface area (Å²) in [6.45, 7) is 9.90. The molecule has 2 saturated carbocycles. The number of hydrogen-bond donors (Lipinski definition) is 2. The van der Waals surface area contributed by atoms with E-state index in [-0.39, 0.29) is 46.2 Å². The number of fused-ring (bicyclic) bond motifs is 3. The number of nitrogens with one attached hydrogen (secondary N) is 1. The smallest absolute Gasteiger partial charge is 0.329 e. The van der Waals surface area contributed by atoms with Gasteiger partial charge in [0.2, 0.25) is 11.8 Å². The number of carbonyl (C=O) groups excluding carboxylic acids is 2. The number of ether oxygens (including phenoxy) is 1. The lowest BCUT2D eigenvalue weighted by atomic mass is 9.60. The molecule has 3 aromatic heterocycles. The summed E-state index contributed by atoms with van der Waals surface area (Å²) in [6, 6.07) is 14.2. The van der Waals surface area contributed by atoms with Gasteiger partial charge in [-0.25, -0.2) is 13.6 Å². The monoisotopic (exact) mass is 978 g/mol. The third-order valence-electron chi connectivity index (χ3n) is 17.1. The summed E-state index contributed by atoms with van der Waals surface area (Å²) in [5.41, 5.74) is 2.12. The summed E-state index contributed by atoms with van der Waals surface area (Å²) in [5, 5.41) is 15.0. The third kappa shape index (κ3) is 8.25. The second-order valence-electron chi connectivity index (χ2n) is 22.0. The number of piperazine rings is 1. The first-order valence-electron chi connectivity index (χ1n) is 25.6. The minimum atomic E-state index is -0.955. The maximum Gasteiger partial charge on any atom is 0.329 e. The number of aromatic nitrogens is 5. The average molecular weight is 979 g/mol. The summed E-state index contributed by atoms with van der Waals surface area (Å²) in [7, 11) is 1.74. The SMILES string of the molecule is C#Cc1c(F)ccc2cccc(-c3ncc4c(N5CCC[C@@](C)(O)C5)nc(OCC5(CN6CCC7(CC6)CC(N6CCN(c8ccc9c(c8)n(C)c(=O)n9C8CCC(=O)NC8=O)CC6)C7)CC5)nc4c3F)c12. The van der Waals surface area contributed by atoms with E-state index < -0.39 is 29.2 Å². The maximum absolute atomic E-state index is 17.1. The number of likely N-dealkylation sites (tertiary alicyclic amines) is 1. The molecule has 2 aliphatic carbocycles. The zero-order valence-corrected chi connectivity index (χ0v) is 40.9. The Balaban J connectivity index is 0.683. The Kier molecular flexibility index (Phi) is 11.4. The first-order valence-corrected chi connectivity index (χ1v) is 25.6. The predicted octanol–water partition coefficient (Wildman–Crippen LogP) is 6.31. The molecule has 2 N–H and O–H groups in total. The molecule has 72 heavy (non-hydrogen) atoms. The average Bonchev–Trinajstić information content (AvgIpc) is 4.09. The fourth-order valence-electron chi connectivity index (χ4n) is 12.7. The van der Waals surface area contributed by atoms with Gasteiger partial charge in [0.1, 0.15) is 28.9 Å². The number of hydrogen-bond acceptors (Lipinski definition) is 12. The Morgan fingerprint density at radius 1 is 0.917 bits per heavy atom. The molecular formula is C55H60F2N10O5. The number of pyridine rings is 1. The number of halogens is 2. The summed E-state index contributed by atoms with van der Waals surface area (Å²) in [4.78, 5) is 61.6. The van der Waals surface area contributed by atoms with Gasteiger partial charge in [0, 0.05) is 93.6 Å². The molecule has 374 valence electrons. The molecule has 0 bridgehead atoms. The standard InChI is InChI=1S/C55H60F2N10O5/c1-4-37-40(56)11-9-34-7-5-8-38(45(34)37)47-46(57)48-39(30-58-47)49(66-20-6-15-53(2,71)31-66)61-51(60-48)72-33-55(16-17-55)32-63-21-18-54(19-22-63)28-36(29-54)65-25-23-64(24-26-65)35-10-12-41-43(27-35)62(3)52(70)67(41)42-13-14-44(68)59-50(42)69/h1,5,7-12,27,30,36,42,71H,6,13-26,28-29,31-33H2,2-3H3,(H,59,68,69)/t42?,53-/m1/s1. The van der Waals surface area contributed by atoms with Crippen molar-refractivity contribution in [1.82, 2.24) is 39.2 Å². The summed E-state index contributed by atoms with van der Waals surface area (Å²) >= 11 is 0. The van der Waals surface area contributed by atoms with Crippen molar-refractivity contribution in [3.8, 4) is 29.6 Å². The van der Waals surface area contributed by atoms with E-state index in [0.717, 1.165) is 76.3 Å². The molecular weight excluding hydrogens is 919 g/mol. The van der Waals surface area contributed by atoms with Gasteiger partial charge in [0.25, 0.3) is 0 Å². The number of terminal acetylenes is 1. The van der Waals surface area contributed by atoms with Crippen LogP contribution in [0.1, 0.15) is 82.7 Å². The number of nitrogens with zero attached hydrogens (tertiary/aromatic N) is 9. The predicted molar refractivity (Wildman–Crippen MR) is 271 cm³/mol. The quantitative estimate of drug-likeness (QED) is 0.117. The van der Waals surface area contributed by atoms with Gasteiger partial charge >= 0.3 is 11.7 Å². The van der Waals surface area contributed by atoms with Crippen LogP contribution in [0.5, 0.6) is 6.01 Å². The van der Waals surface area contributed by atoms with E-state index in [1.54, 1.807) is 42.9 Å². The number of imidazole rings is 1. The van der Waals surface area contributed by atoms with E-state index in [1.807, 2.05) is 23.1 Å². The third-order valence-corrected chi connectivity index (χ3v) is 17.1. The molecule has 2 atom stereocenters. The van der Waals surface area contributed by atoms with Gasteiger partial charge in [-0.1, -0.05) is 30.2 Å². The largest absolute Gasteiger partial charge is 0.463 e. The first kappa shape index (κ1) is 46.6. The van der Waals surface area contributed by atoms with Crippen molar-refractivity contribution in [2.24, 2.45) is 17.9 Å². The zero-order chi connectivity index (χ0) is 49.7. The molecule has 0 radical (unpaired) electrons. The number of carbonyl (C=O) groups is 2.